The summed E-state index contributed by atoms with van der Waals surface area (Å²) in [6, 6.07) is 9.61. The van der Waals surface area contributed by atoms with Crippen LogP contribution in [0, 0.1) is 18.3 Å². The predicted octanol–water partition coefficient (Wildman–Crippen LogP) is 6.32. The second kappa shape index (κ2) is 14.6. The van der Waals surface area contributed by atoms with Crippen molar-refractivity contribution < 1.29 is 14.3 Å². The molecule has 1 heterocycles. The van der Waals surface area contributed by atoms with Crippen LogP contribution in [0.15, 0.2) is 76.4 Å². The number of methoxy groups -OCH3 is 1. The Balaban J connectivity index is 2.52. The number of hydrogen-bond acceptors (Lipinski definition) is 4. The highest BCUT2D eigenvalue weighted by atomic mass is 16.5. The molecule has 2 aromatic rings. The van der Waals surface area contributed by atoms with Crippen LogP contribution in [0.3, 0.4) is 0 Å². The van der Waals surface area contributed by atoms with Gasteiger partial charge in [-0.2, -0.15) is 4.98 Å². The van der Waals surface area contributed by atoms with Crippen molar-refractivity contribution in [2.75, 3.05) is 13.7 Å². The molecule has 200 valence electrons. The Labute approximate surface area is 227 Å². The number of nitrogens with zero attached hydrogens (tertiary/aromatic N) is 2. The van der Waals surface area contributed by atoms with Gasteiger partial charge in [0.25, 0.3) is 0 Å². The lowest BCUT2D eigenvalue weighted by Crippen LogP contribution is -2.22. The van der Waals surface area contributed by atoms with Gasteiger partial charge in [-0.05, 0) is 55.9 Å². The number of carbonyl (C=O) groups is 2. The van der Waals surface area contributed by atoms with E-state index in [0.29, 0.717) is 29.6 Å². The maximum absolute atomic E-state index is 12.0. The lowest BCUT2D eigenvalue weighted by atomic mass is 9.95. The van der Waals surface area contributed by atoms with Crippen molar-refractivity contribution in [3.63, 3.8) is 0 Å². The van der Waals surface area contributed by atoms with Crippen molar-refractivity contribution in [2.45, 2.75) is 54.5 Å². The van der Waals surface area contributed by atoms with Gasteiger partial charge in [-0.25, -0.2) is 0 Å². The molecule has 0 aliphatic heterocycles. The maximum atomic E-state index is 12.0. The van der Waals surface area contributed by atoms with Crippen LogP contribution in [-0.4, -0.2) is 35.4 Å². The Kier molecular flexibility index (Phi) is 11.6. The molecule has 0 atom stereocenters. The summed E-state index contributed by atoms with van der Waals surface area (Å²) < 4.78 is 7.14. The second-order valence-electron chi connectivity index (χ2n) is 9.78. The molecule has 0 aliphatic rings. The Bertz CT molecular complexity index is 1300. The first-order valence-corrected chi connectivity index (χ1v) is 12.7. The molecule has 38 heavy (non-hydrogen) atoms. The summed E-state index contributed by atoms with van der Waals surface area (Å²) in [6.45, 7) is 12.8. The number of nitrogens with one attached hydrogen (secondary N) is 1. The van der Waals surface area contributed by atoms with Crippen LogP contribution >= 0.6 is 0 Å². The number of amides is 1. The quantitative estimate of drug-likeness (QED) is 0.205. The summed E-state index contributed by atoms with van der Waals surface area (Å²) in [5.41, 5.74) is 6.25. The van der Waals surface area contributed by atoms with E-state index in [-0.39, 0.29) is 18.3 Å². The van der Waals surface area contributed by atoms with Crippen molar-refractivity contribution in [1.82, 2.24) is 14.9 Å². The molecule has 0 unspecified atom stereocenters. The lowest BCUT2D eigenvalue weighted by Gasteiger charge is -2.13. The van der Waals surface area contributed by atoms with Crippen LogP contribution in [0.5, 0.6) is 5.88 Å². The number of benzene rings is 1. The third-order valence-corrected chi connectivity index (χ3v) is 5.97. The van der Waals surface area contributed by atoms with E-state index in [1.54, 1.807) is 4.57 Å². The zero-order chi connectivity index (χ0) is 28.2. The monoisotopic (exact) mass is 513 g/mol. The molecule has 6 heteroatoms. The molecule has 1 aromatic heterocycles. The predicted molar refractivity (Wildman–Crippen MR) is 155 cm³/mol. The average molecular weight is 514 g/mol. The molecule has 1 amide bonds. The van der Waals surface area contributed by atoms with Crippen molar-refractivity contribution in [1.29, 1.82) is 0 Å². The fourth-order valence-electron chi connectivity index (χ4n) is 4.18. The number of carbonyl (C=O) groups excluding carboxylic acids is 2. The summed E-state index contributed by atoms with van der Waals surface area (Å²) in [5.74, 6) is 4.09. The molecule has 2 rings (SSSR count). The van der Waals surface area contributed by atoms with Gasteiger partial charge < -0.3 is 14.6 Å². The van der Waals surface area contributed by atoms with Crippen molar-refractivity contribution >= 4 is 12.2 Å². The first-order valence-electron chi connectivity index (χ1n) is 12.7. The van der Waals surface area contributed by atoms with E-state index in [1.165, 1.54) is 19.6 Å². The van der Waals surface area contributed by atoms with E-state index < -0.39 is 0 Å². The molecule has 0 fully saturated rings. The third-order valence-electron chi connectivity index (χ3n) is 5.97. The van der Waals surface area contributed by atoms with E-state index in [2.05, 4.69) is 43.1 Å². The number of ether oxygens (including phenoxy) is 1. The Morgan fingerprint density at radius 3 is 2.39 bits per heavy atom. The summed E-state index contributed by atoms with van der Waals surface area (Å²) in [7, 11) is 1.49. The standard InChI is InChI=1S/C32H39N3O3/c1-9-27(20-35-30(21-36)32(38-8)34-31(35)28-13-11-10-12-14-28)16-15-24(5)29(18-23(4)17-22(2)3)25(6)19-33-26(7)37/h1,10-16,18,21-22H,17,19-20H2,2-8H3,(H,33,37)/b23-18+,24-15+,27-16+,29-25-. The molecular formula is C32H39N3O3. The molecule has 0 saturated carbocycles. The van der Waals surface area contributed by atoms with E-state index in [9.17, 15) is 9.59 Å². The van der Waals surface area contributed by atoms with Gasteiger partial charge in [0.1, 0.15) is 11.5 Å². The maximum Gasteiger partial charge on any atom is 0.243 e. The Morgan fingerprint density at radius 1 is 1.16 bits per heavy atom. The van der Waals surface area contributed by atoms with Gasteiger partial charge in [-0.1, -0.05) is 67.8 Å². The van der Waals surface area contributed by atoms with Crippen LogP contribution in [0.4, 0.5) is 0 Å². The van der Waals surface area contributed by atoms with Crippen LogP contribution in [0.2, 0.25) is 0 Å². The molecule has 1 N–H and O–H groups in total. The first kappa shape index (κ1) is 30.1. The van der Waals surface area contributed by atoms with Gasteiger partial charge in [-0.15, -0.1) is 6.42 Å². The van der Waals surface area contributed by atoms with Gasteiger partial charge in [0.15, 0.2) is 6.29 Å². The van der Waals surface area contributed by atoms with Gasteiger partial charge in [-0.3, -0.25) is 9.59 Å². The Hall–Kier alpha value is -4.11. The highest BCUT2D eigenvalue weighted by Crippen LogP contribution is 2.27. The van der Waals surface area contributed by atoms with Gasteiger partial charge in [0.05, 0.1) is 13.7 Å². The van der Waals surface area contributed by atoms with Crippen molar-refractivity contribution in [2.24, 2.45) is 5.92 Å². The first-order chi connectivity index (χ1) is 18.1. The highest BCUT2D eigenvalue weighted by molar-refractivity contribution is 5.78. The third kappa shape index (κ3) is 8.48. The molecular weight excluding hydrogens is 474 g/mol. The second-order valence-corrected chi connectivity index (χ2v) is 9.78. The minimum atomic E-state index is -0.0707. The van der Waals surface area contributed by atoms with Crippen molar-refractivity contribution in [3.8, 4) is 29.6 Å². The molecule has 0 spiro atoms. The summed E-state index contributed by atoms with van der Waals surface area (Å²) in [6.07, 6.45) is 13.7. The number of hydrogen-bond donors (Lipinski definition) is 1. The number of aromatic nitrogens is 2. The van der Waals surface area contributed by atoms with Crippen molar-refractivity contribution in [3.05, 3.63) is 82.1 Å². The normalized spacial score (nSPS) is 13.2. The summed E-state index contributed by atoms with van der Waals surface area (Å²) in [5, 5.41) is 2.89. The van der Waals surface area contributed by atoms with Gasteiger partial charge >= 0.3 is 0 Å². The number of rotatable bonds is 12. The zero-order valence-corrected chi connectivity index (χ0v) is 23.6. The minimum Gasteiger partial charge on any atom is -0.479 e. The van der Waals surface area contributed by atoms with Crippen LogP contribution in [-0.2, 0) is 11.3 Å². The highest BCUT2D eigenvalue weighted by Gasteiger charge is 2.19. The van der Waals surface area contributed by atoms with Crippen LogP contribution in [0.1, 0.15) is 58.5 Å². The molecule has 0 bridgehead atoms. The number of imidazole rings is 1. The smallest absolute Gasteiger partial charge is 0.243 e. The topological polar surface area (TPSA) is 73.2 Å². The molecule has 6 nitrogen and oxygen atoms in total. The van der Waals surface area contributed by atoms with E-state index >= 15 is 0 Å². The molecule has 1 aromatic carbocycles. The fraction of sp³-hybridized carbons (Fsp3) is 0.344. The molecule has 0 radical (unpaired) electrons. The van der Waals surface area contributed by atoms with Gasteiger partial charge in [0, 0.05) is 24.6 Å². The zero-order valence-electron chi connectivity index (χ0n) is 23.6. The van der Waals surface area contributed by atoms with Gasteiger partial charge in [0.2, 0.25) is 11.8 Å². The average Bonchev–Trinajstić information content (AvgIpc) is 3.25. The largest absolute Gasteiger partial charge is 0.479 e. The van der Waals surface area contributed by atoms with Crippen LogP contribution in [0.25, 0.3) is 11.4 Å². The summed E-state index contributed by atoms with van der Waals surface area (Å²) in [4.78, 5) is 28.0. The SMILES string of the molecule is C#C\C(=C/C=C(C)/C(/C=C(\C)CC(C)C)=C(/C)CNC(C)=O)Cn1c(-c2ccccc2)nc(OC)c1C=O. The number of terminal acetylenes is 1. The summed E-state index contributed by atoms with van der Waals surface area (Å²) >= 11 is 0. The number of aldehydes is 1. The molecule has 0 aliphatic carbocycles. The minimum absolute atomic E-state index is 0.0707. The molecule has 0 saturated heterocycles. The number of allylic oxidation sites excluding steroid dienone is 7. The lowest BCUT2D eigenvalue weighted by molar-refractivity contribution is -0.118. The van der Waals surface area contributed by atoms with E-state index in [1.807, 2.05) is 56.3 Å². The fourth-order valence-corrected chi connectivity index (χ4v) is 4.18. The van der Waals surface area contributed by atoms with E-state index in [0.717, 1.165) is 35.0 Å². The van der Waals surface area contributed by atoms with Crippen LogP contribution < -0.4 is 10.1 Å². The van der Waals surface area contributed by atoms with E-state index in [4.69, 9.17) is 11.2 Å². The Morgan fingerprint density at radius 2 is 1.84 bits per heavy atom.